The zero-order valence-electron chi connectivity index (χ0n) is 17.1. The van der Waals surface area contributed by atoms with Crippen LogP contribution in [-0.4, -0.2) is 34.7 Å². The van der Waals surface area contributed by atoms with Gasteiger partial charge in [0.1, 0.15) is 16.9 Å². The number of halogens is 1. The van der Waals surface area contributed by atoms with Crippen molar-refractivity contribution in [1.29, 1.82) is 0 Å². The third-order valence-corrected chi connectivity index (χ3v) is 5.06. The number of carbonyl (C=O) groups is 1. The van der Waals surface area contributed by atoms with E-state index < -0.39 is 0 Å². The van der Waals surface area contributed by atoms with E-state index in [1.54, 1.807) is 38.5 Å². The Hall–Kier alpha value is -3.88. The Morgan fingerprint density at radius 3 is 2.58 bits per heavy atom. The number of aromatic nitrogens is 3. The fraction of sp³-hybridized carbons (Fsp3) is 0.227. The van der Waals surface area contributed by atoms with E-state index >= 15 is 0 Å². The van der Waals surface area contributed by atoms with Gasteiger partial charge < -0.3 is 19.8 Å². The Bertz CT molecular complexity index is 1310. The van der Waals surface area contributed by atoms with Crippen molar-refractivity contribution in [2.45, 2.75) is 19.5 Å². The van der Waals surface area contributed by atoms with Gasteiger partial charge in [-0.1, -0.05) is 12.1 Å². The Morgan fingerprint density at radius 1 is 1.16 bits per heavy atom. The minimum absolute atomic E-state index is 0.107. The van der Waals surface area contributed by atoms with Crippen LogP contribution in [0.4, 0.5) is 4.39 Å². The summed E-state index contributed by atoms with van der Waals surface area (Å²) in [6.45, 7) is 0.468. The number of hydrogen-bond acceptors (Lipinski definition) is 5. The largest absolute Gasteiger partial charge is 0.493 e. The molecule has 0 aliphatic rings. The van der Waals surface area contributed by atoms with E-state index in [1.165, 1.54) is 23.0 Å². The van der Waals surface area contributed by atoms with Crippen molar-refractivity contribution < 1.29 is 18.7 Å². The molecule has 0 aliphatic carbocycles. The van der Waals surface area contributed by atoms with Crippen molar-refractivity contribution in [1.82, 2.24) is 19.9 Å². The summed E-state index contributed by atoms with van der Waals surface area (Å²) >= 11 is 0. The molecule has 0 bridgehead atoms. The molecule has 160 valence electrons. The Balaban J connectivity index is 1.51. The lowest BCUT2D eigenvalue weighted by Gasteiger charge is -2.07. The molecule has 4 aromatic rings. The molecule has 2 aromatic carbocycles. The minimum Gasteiger partial charge on any atom is -0.493 e. The molecular weight excluding hydrogens is 403 g/mol. The second-order valence-electron chi connectivity index (χ2n) is 7.00. The second-order valence-corrected chi connectivity index (χ2v) is 7.00. The van der Waals surface area contributed by atoms with Gasteiger partial charge in [0.2, 0.25) is 5.91 Å². The SMILES string of the molecule is COc1cc2[nH]c3c(=O)n(CCC(=O)NCc4ccc(F)cc4)cnc3c2cc1OC. The third-order valence-electron chi connectivity index (χ3n) is 5.06. The highest BCUT2D eigenvalue weighted by molar-refractivity contribution is 6.05. The summed E-state index contributed by atoms with van der Waals surface area (Å²) in [5.41, 5.74) is 2.09. The summed E-state index contributed by atoms with van der Waals surface area (Å²) in [6.07, 6.45) is 1.54. The van der Waals surface area contributed by atoms with Gasteiger partial charge >= 0.3 is 0 Å². The van der Waals surface area contributed by atoms with Crippen molar-refractivity contribution >= 4 is 27.8 Å². The number of methoxy groups -OCH3 is 2. The number of fused-ring (bicyclic) bond motifs is 3. The van der Waals surface area contributed by atoms with E-state index in [9.17, 15) is 14.0 Å². The minimum atomic E-state index is -0.328. The maximum absolute atomic E-state index is 12.9. The average Bonchev–Trinajstić information content (AvgIpc) is 3.15. The van der Waals surface area contributed by atoms with Gasteiger partial charge in [-0.3, -0.25) is 14.2 Å². The number of ether oxygens (including phenoxy) is 2. The highest BCUT2D eigenvalue weighted by Crippen LogP contribution is 2.34. The summed E-state index contributed by atoms with van der Waals surface area (Å²) in [5.74, 6) is 0.535. The van der Waals surface area contributed by atoms with Gasteiger partial charge in [-0.15, -0.1) is 0 Å². The summed E-state index contributed by atoms with van der Waals surface area (Å²) < 4.78 is 25.0. The standard InChI is InChI=1S/C22H21FN4O4/c1-30-17-9-15-16(10-18(17)31-2)26-21-20(15)25-12-27(22(21)29)8-7-19(28)24-11-13-3-5-14(23)6-4-13/h3-6,9-10,12,26H,7-8,11H2,1-2H3,(H,24,28). The number of aryl methyl sites for hydroxylation is 1. The van der Waals surface area contributed by atoms with Crippen LogP contribution in [0.15, 0.2) is 47.5 Å². The lowest BCUT2D eigenvalue weighted by Crippen LogP contribution is -2.27. The molecule has 31 heavy (non-hydrogen) atoms. The molecule has 0 saturated heterocycles. The maximum atomic E-state index is 12.9. The van der Waals surface area contributed by atoms with Gasteiger partial charge in [-0.05, 0) is 23.8 Å². The van der Waals surface area contributed by atoms with E-state index in [4.69, 9.17) is 9.47 Å². The smallest absolute Gasteiger partial charge is 0.277 e. The molecule has 9 heteroatoms. The zero-order valence-corrected chi connectivity index (χ0v) is 17.1. The quantitative estimate of drug-likeness (QED) is 0.475. The third kappa shape index (κ3) is 4.07. The molecule has 0 radical (unpaired) electrons. The van der Waals surface area contributed by atoms with E-state index in [-0.39, 0.29) is 36.8 Å². The van der Waals surface area contributed by atoms with Crippen molar-refractivity contribution in [3.8, 4) is 11.5 Å². The number of aromatic amines is 1. The molecule has 1 amide bonds. The summed E-state index contributed by atoms with van der Waals surface area (Å²) in [6, 6.07) is 9.42. The molecule has 0 atom stereocenters. The van der Waals surface area contributed by atoms with Crippen LogP contribution in [0.5, 0.6) is 11.5 Å². The number of amides is 1. The molecule has 2 aromatic heterocycles. The predicted octanol–water partition coefficient (Wildman–Crippen LogP) is 2.74. The van der Waals surface area contributed by atoms with Crippen LogP contribution in [0.2, 0.25) is 0 Å². The normalized spacial score (nSPS) is 11.1. The number of carbonyl (C=O) groups excluding carboxylic acids is 1. The van der Waals surface area contributed by atoms with Crippen LogP contribution in [0.3, 0.4) is 0 Å². The lowest BCUT2D eigenvalue weighted by atomic mass is 10.2. The van der Waals surface area contributed by atoms with Crippen LogP contribution < -0.4 is 20.3 Å². The predicted molar refractivity (Wildman–Crippen MR) is 114 cm³/mol. The Labute approximate surface area is 176 Å². The molecule has 2 N–H and O–H groups in total. The zero-order chi connectivity index (χ0) is 22.0. The van der Waals surface area contributed by atoms with Crippen LogP contribution in [-0.2, 0) is 17.9 Å². The van der Waals surface area contributed by atoms with Crippen LogP contribution >= 0.6 is 0 Å². The van der Waals surface area contributed by atoms with E-state index in [0.717, 1.165) is 10.9 Å². The molecular formula is C22H21FN4O4. The lowest BCUT2D eigenvalue weighted by molar-refractivity contribution is -0.121. The van der Waals surface area contributed by atoms with E-state index in [2.05, 4.69) is 15.3 Å². The van der Waals surface area contributed by atoms with Crippen molar-refractivity contribution in [3.63, 3.8) is 0 Å². The second kappa shape index (κ2) is 8.47. The molecule has 0 aliphatic heterocycles. The number of nitrogens with one attached hydrogen (secondary N) is 2. The highest BCUT2D eigenvalue weighted by Gasteiger charge is 2.15. The fourth-order valence-electron chi connectivity index (χ4n) is 3.39. The molecule has 4 rings (SSSR count). The van der Waals surface area contributed by atoms with Gasteiger partial charge in [0.15, 0.2) is 11.5 Å². The first-order valence-corrected chi connectivity index (χ1v) is 9.64. The van der Waals surface area contributed by atoms with Crippen LogP contribution in [0.25, 0.3) is 21.9 Å². The van der Waals surface area contributed by atoms with Crippen molar-refractivity contribution in [2.75, 3.05) is 14.2 Å². The summed E-state index contributed by atoms with van der Waals surface area (Å²) in [5, 5.41) is 3.50. The van der Waals surface area contributed by atoms with E-state index in [1.807, 2.05) is 0 Å². The number of benzene rings is 2. The molecule has 0 unspecified atom stereocenters. The molecule has 2 heterocycles. The maximum Gasteiger partial charge on any atom is 0.277 e. The van der Waals surface area contributed by atoms with Crippen molar-refractivity contribution in [2.24, 2.45) is 0 Å². The Kier molecular flexibility index (Phi) is 5.57. The topological polar surface area (TPSA) is 98.2 Å². The first kappa shape index (κ1) is 20.4. The number of rotatable bonds is 7. The molecule has 0 saturated carbocycles. The van der Waals surface area contributed by atoms with Crippen LogP contribution in [0, 0.1) is 5.82 Å². The van der Waals surface area contributed by atoms with Gasteiger partial charge in [-0.25, -0.2) is 9.37 Å². The first-order chi connectivity index (χ1) is 15.0. The van der Waals surface area contributed by atoms with Gasteiger partial charge in [0, 0.05) is 31.0 Å². The summed E-state index contributed by atoms with van der Waals surface area (Å²) in [4.78, 5) is 32.5. The molecule has 0 spiro atoms. The summed E-state index contributed by atoms with van der Waals surface area (Å²) in [7, 11) is 3.08. The fourth-order valence-corrected chi connectivity index (χ4v) is 3.39. The van der Waals surface area contributed by atoms with Crippen molar-refractivity contribution in [3.05, 3.63) is 64.5 Å². The average molecular weight is 424 g/mol. The molecule has 8 nitrogen and oxygen atoms in total. The Morgan fingerprint density at radius 2 is 1.87 bits per heavy atom. The van der Waals surface area contributed by atoms with Gasteiger partial charge in [0.05, 0.1) is 26.1 Å². The molecule has 0 fully saturated rings. The van der Waals surface area contributed by atoms with Crippen LogP contribution in [0.1, 0.15) is 12.0 Å². The monoisotopic (exact) mass is 424 g/mol. The van der Waals surface area contributed by atoms with Gasteiger partial charge in [-0.2, -0.15) is 0 Å². The number of H-pyrrole nitrogens is 1. The van der Waals surface area contributed by atoms with E-state index in [0.29, 0.717) is 28.0 Å². The number of nitrogens with zero attached hydrogens (tertiary/aromatic N) is 2. The number of hydrogen-bond donors (Lipinski definition) is 2. The highest BCUT2D eigenvalue weighted by atomic mass is 19.1. The van der Waals surface area contributed by atoms with Gasteiger partial charge in [0.25, 0.3) is 5.56 Å². The first-order valence-electron chi connectivity index (χ1n) is 9.64.